The van der Waals surface area contributed by atoms with Crippen molar-refractivity contribution in [2.24, 2.45) is 0 Å². The monoisotopic (exact) mass is 228 g/mol. The Kier molecular flexibility index (Phi) is 3.46. The average molecular weight is 228 g/mol. The summed E-state index contributed by atoms with van der Waals surface area (Å²) in [7, 11) is 3.92. The van der Waals surface area contributed by atoms with E-state index in [0.717, 1.165) is 11.6 Å². The van der Waals surface area contributed by atoms with Crippen molar-refractivity contribution >= 4 is 17.3 Å². The van der Waals surface area contributed by atoms with Crippen molar-refractivity contribution in [1.82, 2.24) is 9.88 Å². The number of carboxylic acids is 1. The van der Waals surface area contributed by atoms with E-state index in [2.05, 4.69) is 4.98 Å². The smallest absolute Gasteiger partial charge is 0.315 e. The van der Waals surface area contributed by atoms with Crippen molar-refractivity contribution in [1.29, 1.82) is 0 Å². The van der Waals surface area contributed by atoms with Gasteiger partial charge in [-0.1, -0.05) is 0 Å². The molecular weight excluding hydrogens is 212 g/mol. The zero-order chi connectivity index (χ0) is 11.6. The van der Waals surface area contributed by atoms with Gasteiger partial charge in [-0.15, -0.1) is 11.3 Å². The van der Waals surface area contributed by atoms with Crippen LogP contribution in [0.5, 0.6) is 0 Å². The molecule has 84 valence electrons. The molecule has 0 unspecified atom stereocenters. The van der Waals surface area contributed by atoms with E-state index in [4.69, 9.17) is 5.11 Å². The van der Waals surface area contributed by atoms with Crippen LogP contribution in [0.25, 0.3) is 0 Å². The number of nitrogens with zero attached hydrogens (tertiary/aromatic N) is 2. The molecule has 0 fully saturated rings. The summed E-state index contributed by atoms with van der Waals surface area (Å²) >= 11 is 1.51. The van der Waals surface area contributed by atoms with Crippen LogP contribution < -0.4 is 0 Å². The third-order valence-corrected chi connectivity index (χ3v) is 3.01. The topological polar surface area (TPSA) is 53.4 Å². The van der Waals surface area contributed by atoms with Crippen LogP contribution in [-0.2, 0) is 16.8 Å². The quantitative estimate of drug-likeness (QED) is 0.850. The Morgan fingerprint density at radius 3 is 2.67 bits per heavy atom. The third-order valence-electron chi connectivity index (χ3n) is 2.18. The number of hydrogen-bond acceptors (Lipinski definition) is 4. The van der Waals surface area contributed by atoms with Gasteiger partial charge in [0.05, 0.1) is 5.69 Å². The van der Waals surface area contributed by atoms with Crippen LogP contribution in [0.15, 0.2) is 5.38 Å². The highest BCUT2D eigenvalue weighted by atomic mass is 32.1. The first-order chi connectivity index (χ1) is 6.84. The van der Waals surface area contributed by atoms with Gasteiger partial charge in [0.15, 0.2) is 0 Å². The molecule has 4 nitrogen and oxygen atoms in total. The van der Waals surface area contributed by atoms with Gasteiger partial charge in [-0.05, 0) is 27.9 Å². The maximum atomic E-state index is 11.0. The summed E-state index contributed by atoms with van der Waals surface area (Å²) in [5.74, 6) is -0.843. The van der Waals surface area contributed by atoms with E-state index in [-0.39, 0.29) is 0 Å². The van der Waals surface area contributed by atoms with Crippen molar-refractivity contribution in [2.75, 3.05) is 14.1 Å². The van der Waals surface area contributed by atoms with E-state index < -0.39 is 11.4 Å². The van der Waals surface area contributed by atoms with Crippen LogP contribution in [0.1, 0.15) is 24.5 Å². The minimum atomic E-state index is -0.902. The van der Waals surface area contributed by atoms with Gasteiger partial charge < -0.3 is 10.0 Å². The molecule has 1 aromatic rings. The summed E-state index contributed by atoms with van der Waals surface area (Å²) in [6.07, 6.45) is 0. The first-order valence-electron chi connectivity index (χ1n) is 4.67. The number of aromatic nitrogens is 1. The summed E-state index contributed by atoms with van der Waals surface area (Å²) in [5, 5.41) is 11.8. The van der Waals surface area contributed by atoms with E-state index >= 15 is 0 Å². The van der Waals surface area contributed by atoms with Gasteiger partial charge in [0.2, 0.25) is 0 Å². The van der Waals surface area contributed by atoms with Gasteiger partial charge in [-0.25, -0.2) is 4.98 Å². The molecule has 1 N–H and O–H groups in total. The fourth-order valence-corrected chi connectivity index (χ4v) is 2.13. The molecule has 0 aliphatic heterocycles. The van der Waals surface area contributed by atoms with Crippen molar-refractivity contribution in [3.8, 4) is 0 Å². The molecule has 0 aromatic carbocycles. The molecule has 0 amide bonds. The van der Waals surface area contributed by atoms with Crippen molar-refractivity contribution in [3.05, 3.63) is 16.1 Å². The van der Waals surface area contributed by atoms with Crippen LogP contribution in [0.4, 0.5) is 0 Å². The Morgan fingerprint density at radius 2 is 2.20 bits per heavy atom. The molecule has 5 heteroatoms. The summed E-state index contributed by atoms with van der Waals surface area (Å²) < 4.78 is 0. The molecule has 1 rings (SSSR count). The Labute approximate surface area is 93.6 Å². The Morgan fingerprint density at radius 1 is 1.60 bits per heavy atom. The number of carboxylic acid groups (broad SMARTS) is 1. The second-order valence-corrected chi connectivity index (χ2v) is 5.24. The number of hydrogen-bond donors (Lipinski definition) is 1. The first kappa shape index (κ1) is 12.1. The predicted molar refractivity (Wildman–Crippen MR) is 60.2 cm³/mol. The summed E-state index contributed by atoms with van der Waals surface area (Å²) in [4.78, 5) is 17.4. The Bertz CT molecular complexity index is 358. The molecule has 15 heavy (non-hydrogen) atoms. The predicted octanol–water partition coefficient (Wildman–Crippen LogP) is 1.57. The highest BCUT2D eigenvalue weighted by Gasteiger charge is 2.31. The van der Waals surface area contributed by atoms with E-state index in [9.17, 15) is 4.79 Å². The van der Waals surface area contributed by atoms with E-state index in [1.165, 1.54) is 11.3 Å². The van der Waals surface area contributed by atoms with Gasteiger partial charge in [-0.3, -0.25) is 4.79 Å². The minimum Gasteiger partial charge on any atom is -0.481 e. The van der Waals surface area contributed by atoms with Crippen LogP contribution in [0.3, 0.4) is 0 Å². The molecule has 0 aliphatic carbocycles. The SMILES string of the molecule is CN(C)Cc1nc(C(C)(C)C(=O)O)cs1. The van der Waals surface area contributed by atoms with Crippen molar-refractivity contribution in [2.45, 2.75) is 25.8 Å². The third kappa shape index (κ3) is 2.76. The highest BCUT2D eigenvalue weighted by molar-refractivity contribution is 7.09. The molecule has 0 bridgehead atoms. The fourth-order valence-electron chi connectivity index (χ4n) is 1.05. The Balaban J connectivity index is 2.89. The van der Waals surface area contributed by atoms with E-state index in [0.29, 0.717) is 5.69 Å². The zero-order valence-corrected chi connectivity index (χ0v) is 10.3. The lowest BCUT2D eigenvalue weighted by Crippen LogP contribution is -2.29. The molecule has 0 radical (unpaired) electrons. The zero-order valence-electron chi connectivity index (χ0n) is 9.44. The lowest BCUT2D eigenvalue weighted by atomic mass is 9.90. The van der Waals surface area contributed by atoms with Gasteiger partial charge in [-0.2, -0.15) is 0 Å². The molecule has 0 saturated carbocycles. The second kappa shape index (κ2) is 4.28. The molecule has 0 atom stereocenters. The lowest BCUT2D eigenvalue weighted by Gasteiger charge is -2.15. The normalized spacial score (nSPS) is 12.1. The summed E-state index contributed by atoms with van der Waals surface area (Å²) in [6.45, 7) is 4.09. The molecular formula is C10H16N2O2S. The van der Waals surface area contributed by atoms with Crippen LogP contribution in [0.2, 0.25) is 0 Å². The second-order valence-electron chi connectivity index (χ2n) is 4.29. The summed E-state index contributed by atoms with van der Waals surface area (Å²) in [6, 6.07) is 0. The van der Waals surface area contributed by atoms with Gasteiger partial charge in [0, 0.05) is 11.9 Å². The standard InChI is InChI=1S/C10H16N2O2S/c1-10(2,9(13)14)7-6-15-8(11-7)5-12(3)4/h6H,5H2,1-4H3,(H,13,14). The fraction of sp³-hybridized carbons (Fsp3) is 0.600. The number of carbonyl (C=O) groups is 1. The van der Waals surface area contributed by atoms with Crippen LogP contribution >= 0.6 is 11.3 Å². The highest BCUT2D eigenvalue weighted by Crippen LogP contribution is 2.25. The van der Waals surface area contributed by atoms with Crippen molar-refractivity contribution in [3.63, 3.8) is 0 Å². The largest absolute Gasteiger partial charge is 0.481 e. The number of thiazole rings is 1. The van der Waals surface area contributed by atoms with Crippen LogP contribution in [0, 0.1) is 0 Å². The molecule has 0 spiro atoms. The van der Waals surface area contributed by atoms with Crippen molar-refractivity contribution < 1.29 is 9.90 Å². The minimum absolute atomic E-state index is 0.636. The van der Waals surface area contributed by atoms with Gasteiger partial charge >= 0.3 is 5.97 Å². The maximum Gasteiger partial charge on any atom is 0.315 e. The number of rotatable bonds is 4. The van der Waals surface area contributed by atoms with E-state index in [1.54, 1.807) is 13.8 Å². The lowest BCUT2D eigenvalue weighted by molar-refractivity contribution is -0.142. The molecule has 1 heterocycles. The van der Waals surface area contributed by atoms with Crippen LogP contribution in [-0.4, -0.2) is 35.1 Å². The first-order valence-corrected chi connectivity index (χ1v) is 5.55. The van der Waals surface area contributed by atoms with E-state index in [1.807, 2.05) is 24.4 Å². The molecule has 0 aliphatic rings. The maximum absolute atomic E-state index is 11.0. The molecule has 0 saturated heterocycles. The summed E-state index contributed by atoms with van der Waals surface area (Å²) in [5.41, 5.74) is -0.266. The van der Waals surface area contributed by atoms with Gasteiger partial charge in [0.25, 0.3) is 0 Å². The Hall–Kier alpha value is -0.940. The number of aliphatic carboxylic acids is 1. The van der Waals surface area contributed by atoms with Gasteiger partial charge in [0.1, 0.15) is 10.4 Å². The average Bonchev–Trinajstić information content (AvgIpc) is 2.51. The molecule has 1 aromatic heterocycles.